The summed E-state index contributed by atoms with van der Waals surface area (Å²) in [6.45, 7) is 25.9. The van der Waals surface area contributed by atoms with Crippen molar-refractivity contribution in [3.63, 3.8) is 0 Å². The van der Waals surface area contributed by atoms with Gasteiger partial charge >= 0.3 is 11.9 Å². The van der Waals surface area contributed by atoms with E-state index in [9.17, 15) is 9.59 Å². The fourth-order valence-electron chi connectivity index (χ4n) is 5.53. The highest BCUT2D eigenvalue weighted by atomic mass is 28.4. The number of hydrogen-bond donors (Lipinski definition) is 0. The summed E-state index contributed by atoms with van der Waals surface area (Å²) in [5.74, 6) is -0.798. The average Bonchev–Trinajstić information content (AvgIpc) is 2.98. The molecule has 0 aromatic heterocycles. The van der Waals surface area contributed by atoms with Gasteiger partial charge in [-0.1, -0.05) is 120 Å². The van der Waals surface area contributed by atoms with Crippen LogP contribution < -0.4 is 10.4 Å². The van der Waals surface area contributed by atoms with Crippen LogP contribution in [0, 0.1) is 0 Å². The zero-order chi connectivity index (χ0) is 36.9. The van der Waals surface area contributed by atoms with E-state index in [0.29, 0.717) is 19.3 Å². The van der Waals surface area contributed by atoms with Crippen molar-refractivity contribution in [2.24, 2.45) is 0 Å². The molecule has 0 radical (unpaired) electrons. The van der Waals surface area contributed by atoms with Gasteiger partial charge < -0.3 is 18.3 Å². The lowest BCUT2D eigenvalue weighted by atomic mass is 10.1. The first-order valence-electron chi connectivity index (χ1n) is 17.6. The van der Waals surface area contributed by atoms with Gasteiger partial charge in [0.2, 0.25) is 0 Å². The summed E-state index contributed by atoms with van der Waals surface area (Å²) < 4.78 is 25.1. The first-order valence-corrected chi connectivity index (χ1v) is 22.4. The average molecular weight is 707 g/mol. The molecule has 0 aliphatic carbocycles. The third-order valence-corrected chi connectivity index (χ3v) is 18.8. The summed E-state index contributed by atoms with van der Waals surface area (Å²) in [5, 5.41) is 2.19. The van der Waals surface area contributed by atoms with E-state index in [1.807, 2.05) is 51.1 Å². The van der Waals surface area contributed by atoms with E-state index in [2.05, 4.69) is 110 Å². The van der Waals surface area contributed by atoms with E-state index >= 15 is 0 Å². The van der Waals surface area contributed by atoms with Crippen LogP contribution in [0.1, 0.15) is 88.5 Å². The SMILES string of the molecule is CC(C)=CCOC(=O)/C=C/C[C@@H](C[C@@H](C)OC(=O)/C=C/C[C@@H](C)O[Si](C)(C)C(C)(C)C)O[Si](c1ccccc1)(c1ccccc1)C(C)(C)C. The number of esters is 2. The maximum atomic E-state index is 12.9. The lowest BCUT2D eigenvalue weighted by Gasteiger charge is -2.45. The number of ether oxygens (including phenoxy) is 2. The van der Waals surface area contributed by atoms with Crippen LogP contribution in [0.25, 0.3) is 0 Å². The second-order valence-electron chi connectivity index (χ2n) is 15.8. The minimum Gasteiger partial charge on any atom is -0.459 e. The normalized spacial score (nSPS) is 14.8. The second-order valence-corrected chi connectivity index (χ2v) is 24.8. The molecule has 0 heterocycles. The molecule has 2 aromatic rings. The van der Waals surface area contributed by atoms with Crippen LogP contribution in [0.5, 0.6) is 0 Å². The largest absolute Gasteiger partial charge is 0.459 e. The number of benzene rings is 2. The molecule has 270 valence electrons. The van der Waals surface area contributed by atoms with Crippen molar-refractivity contribution in [3.8, 4) is 0 Å². The number of carbonyl (C=O) groups excluding carboxylic acids is 2. The maximum absolute atomic E-state index is 12.9. The zero-order valence-electron chi connectivity index (χ0n) is 32.2. The predicted molar refractivity (Wildman–Crippen MR) is 208 cm³/mol. The molecule has 2 rings (SSSR count). The molecule has 0 N–H and O–H groups in total. The fourth-order valence-corrected chi connectivity index (χ4v) is 11.7. The van der Waals surface area contributed by atoms with E-state index in [1.165, 1.54) is 12.2 Å². The summed E-state index contributed by atoms with van der Waals surface area (Å²) in [6.07, 6.45) is 9.24. The van der Waals surface area contributed by atoms with Gasteiger partial charge in [0.25, 0.3) is 8.32 Å². The molecule has 0 bridgehead atoms. The molecular weight excluding hydrogens is 645 g/mol. The third kappa shape index (κ3) is 13.3. The molecule has 0 saturated carbocycles. The van der Waals surface area contributed by atoms with Gasteiger partial charge in [-0.15, -0.1) is 0 Å². The summed E-state index contributed by atoms with van der Waals surface area (Å²) in [6, 6.07) is 20.9. The van der Waals surface area contributed by atoms with Crippen LogP contribution in [0.15, 0.2) is 96.6 Å². The van der Waals surface area contributed by atoms with Crippen LogP contribution in [-0.2, 0) is 27.9 Å². The second kappa shape index (κ2) is 18.8. The molecular formula is C41H62O6Si2. The molecule has 0 amide bonds. The Hall–Kier alpha value is -3.05. The Bertz CT molecular complexity index is 1360. The molecule has 0 saturated heterocycles. The van der Waals surface area contributed by atoms with Crippen molar-refractivity contribution in [1.82, 2.24) is 0 Å². The topological polar surface area (TPSA) is 71.1 Å². The van der Waals surface area contributed by atoms with E-state index in [4.69, 9.17) is 18.3 Å². The number of carbonyl (C=O) groups is 2. The van der Waals surface area contributed by atoms with Crippen LogP contribution in [0.2, 0.25) is 23.2 Å². The van der Waals surface area contributed by atoms with Gasteiger partial charge in [0, 0.05) is 24.7 Å². The summed E-state index contributed by atoms with van der Waals surface area (Å²) in [4.78, 5) is 25.4. The van der Waals surface area contributed by atoms with Crippen molar-refractivity contribution < 1.29 is 27.9 Å². The lowest BCUT2D eigenvalue weighted by molar-refractivity contribution is -0.143. The van der Waals surface area contributed by atoms with E-state index in [-0.39, 0.29) is 28.9 Å². The van der Waals surface area contributed by atoms with Gasteiger partial charge in [-0.3, -0.25) is 0 Å². The van der Waals surface area contributed by atoms with Gasteiger partial charge in [-0.25, -0.2) is 9.59 Å². The summed E-state index contributed by atoms with van der Waals surface area (Å²) >= 11 is 0. The number of rotatable bonds is 17. The highest BCUT2D eigenvalue weighted by molar-refractivity contribution is 6.99. The van der Waals surface area contributed by atoms with E-state index in [1.54, 1.807) is 0 Å². The first kappa shape index (κ1) is 42.1. The molecule has 3 atom stereocenters. The van der Waals surface area contributed by atoms with Crippen molar-refractivity contribution in [2.75, 3.05) is 6.61 Å². The Morgan fingerprint density at radius 2 is 1.22 bits per heavy atom. The zero-order valence-corrected chi connectivity index (χ0v) is 34.2. The minimum atomic E-state index is -2.92. The van der Waals surface area contributed by atoms with Crippen molar-refractivity contribution in [1.29, 1.82) is 0 Å². The number of allylic oxidation sites excluding steroid dienone is 1. The van der Waals surface area contributed by atoms with Crippen molar-refractivity contribution in [2.45, 2.75) is 130 Å². The van der Waals surface area contributed by atoms with Gasteiger partial charge in [0.05, 0.1) is 6.10 Å². The van der Waals surface area contributed by atoms with Gasteiger partial charge in [-0.05, 0) is 80.2 Å². The van der Waals surface area contributed by atoms with Gasteiger partial charge in [0.1, 0.15) is 12.7 Å². The minimum absolute atomic E-state index is 0.00657. The fraction of sp³-hybridized carbons (Fsp3) is 0.512. The monoisotopic (exact) mass is 706 g/mol. The van der Waals surface area contributed by atoms with Gasteiger partial charge in [-0.2, -0.15) is 0 Å². The van der Waals surface area contributed by atoms with Crippen molar-refractivity contribution in [3.05, 3.63) is 96.6 Å². The summed E-state index contributed by atoms with van der Waals surface area (Å²) in [5.41, 5.74) is 1.09. The van der Waals surface area contributed by atoms with Crippen LogP contribution in [0.4, 0.5) is 0 Å². The first-order chi connectivity index (χ1) is 22.8. The predicted octanol–water partition coefficient (Wildman–Crippen LogP) is 9.07. The Labute approximate surface area is 299 Å². The molecule has 0 spiro atoms. The third-order valence-electron chi connectivity index (χ3n) is 9.07. The highest BCUT2D eigenvalue weighted by Gasteiger charge is 2.51. The molecule has 6 nitrogen and oxygen atoms in total. The van der Waals surface area contributed by atoms with Crippen LogP contribution in [0.3, 0.4) is 0 Å². The quantitative estimate of drug-likeness (QED) is 0.0708. The number of hydrogen-bond acceptors (Lipinski definition) is 6. The Morgan fingerprint density at radius 1 is 0.714 bits per heavy atom. The molecule has 8 heteroatoms. The van der Waals surface area contributed by atoms with E-state index in [0.717, 1.165) is 15.9 Å². The molecule has 0 aliphatic rings. The Kier molecular flexibility index (Phi) is 16.2. The Morgan fingerprint density at radius 3 is 1.71 bits per heavy atom. The lowest BCUT2D eigenvalue weighted by Crippen LogP contribution is -2.67. The highest BCUT2D eigenvalue weighted by Crippen LogP contribution is 2.39. The smallest absolute Gasteiger partial charge is 0.330 e. The van der Waals surface area contributed by atoms with Gasteiger partial charge in [0.15, 0.2) is 8.32 Å². The molecule has 2 aromatic carbocycles. The van der Waals surface area contributed by atoms with Crippen molar-refractivity contribution >= 4 is 38.9 Å². The molecule has 0 unspecified atom stereocenters. The van der Waals surface area contributed by atoms with Crippen LogP contribution in [-0.4, -0.2) is 53.5 Å². The molecule has 49 heavy (non-hydrogen) atoms. The van der Waals surface area contributed by atoms with Crippen LogP contribution >= 0.6 is 0 Å². The maximum Gasteiger partial charge on any atom is 0.330 e. The molecule has 0 aliphatic heterocycles. The summed E-state index contributed by atoms with van der Waals surface area (Å²) in [7, 11) is -4.82. The van der Waals surface area contributed by atoms with E-state index < -0.39 is 34.7 Å². The standard InChI is InChI=1S/C41H62O6Si2/c1-32(2)29-30-44-38(42)27-20-22-35(31-34(4)45-39(43)28-19-21-33(3)46-48(11,12)40(5,6)7)47-49(41(8,9)10,36-23-15-13-16-24-36)37-25-17-14-18-26-37/h13-20,23-29,33-35H,21-22,30-31H2,1-12H3/b27-20+,28-19+/t33-,34-,35+/m1/s1. The molecule has 0 fully saturated rings. The Balaban J connectivity index is 2.32.